The van der Waals surface area contributed by atoms with E-state index in [0.717, 1.165) is 83.5 Å². The molecule has 0 bridgehead atoms. The average Bonchev–Trinajstić information content (AvgIpc) is 3.30. The Morgan fingerprint density at radius 1 is 0.359 bits per heavy atom. The van der Waals surface area contributed by atoms with Crippen molar-refractivity contribution in [3.05, 3.63) is 72.9 Å². The van der Waals surface area contributed by atoms with Gasteiger partial charge in [0, 0.05) is 19.4 Å². The fourth-order valence-electron chi connectivity index (χ4n) is 7.65. The van der Waals surface area contributed by atoms with Gasteiger partial charge in [0.25, 0.3) is 0 Å². The van der Waals surface area contributed by atoms with Crippen LogP contribution in [-0.2, 0) is 23.8 Å². The van der Waals surface area contributed by atoms with Gasteiger partial charge < -0.3 is 14.2 Å². The lowest BCUT2D eigenvalue weighted by atomic mass is 10.1. The van der Waals surface area contributed by atoms with Gasteiger partial charge in [0.1, 0.15) is 6.61 Å². The highest BCUT2D eigenvalue weighted by molar-refractivity contribution is 5.70. The van der Waals surface area contributed by atoms with E-state index in [9.17, 15) is 9.59 Å². The molecule has 0 spiro atoms. The van der Waals surface area contributed by atoms with Gasteiger partial charge in [0.2, 0.25) is 0 Å². The van der Waals surface area contributed by atoms with Crippen molar-refractivity contribution in [1.29, 1.82) is 0 Å². The van der Waals surface area contributed by atoms with Gasteiger partial charge in [-0.15, -0.1) is 0 Å². The van der Waals surface area contributed by atoms with Crippen LogP contribution in [0, 0.1) is 0 Å². The molecular formula is C59H104O5. The largest absolute Gasteiger partial charge is 0.462 e. The fraction of sp³-hybridized carbons (Fsp3) is 0.763. The molecule has 5 nitrogen and oxygen atoms in total. The van der Waals surface area contributed by atoms with Crippen molar-refractivity contribution in [3.8, 4) is 0 Å². The van der Waals surface area contributed by atoms with E-state index in [-0.39, 0.29) is 25.2 Å². The summed E-state index contributed by atoms with van der Waals surface area (Å²) in [6.45, 7) is 7.67. The highest BCUT2D eigenvalue weighted by Gasteiger charge is 2.17. The molecule has 0 radical (unpaired) electrons. The zero-order valence-corrected chi connectivity index (χ0v) is 42.5. The molecule has 1 unspecified atom stereocenters. The van der Waals surface area contributed by atoms with Crippen LogP contribution in [0.25, 0.3) is 0 Å². The van der Waals surface area contributed by atoms with E-state index in [1.54, 1.807) is 0 Å². The minimum Gasteiger partial charge on any atom is -0.462 e. The van der Waals surface area contributed by atoms with Crippen LogP contribution in [0.5, 0.6) is 0 Å². The molecule has 0 rings (SSSR count). The predicted octanol–water partition coefficient (Wildman–Crippen LogP) is 18.7. The highest BCUT2D eigenvalue weighted by atomic mass is 16.6. The van der Waals surface area contributed by atoms with Crippen LogP contribution in [0.15, 0.2) is 72.9 Å². The first kappa shape index (κ1) is 61.3. The lowest BCUT2D eigenvalue weighted by molar-refractivity contribution is -0.163. The van der Waals surface area contributed by atoms with Crippen molar-refractivity contribution in [2.24, 2.45) is 0 Å². The second kappa shape index (κ2) is 54.7. The van der Waals surface area contributed by atoms with E-state index in [1.807, 2.05) is 0 Å². The van der Waals surface area contributed by atoms with Gasteiger partial charge >= 0.3 is 11.9 Å². The molecule has 1 atom stereocenters. The van der Waals surface area contributed by atoms with Gasteiger partial charge in [-0.25, -0.2) is 0 Å². The fourth-order valence-corrected chi connectivity index (χ4v) is 7.65. The topological polar surface area (TPSA) is 61.8 Å². The van der Waals surface area contributed by atoms with Crippen molar-refractivity contribution in [2.75, 3.05) is 19.8 Å². The first-order chi connectivity index (χ1) is 31.6. The summed E-state index contributed by atoms with van der Waals surface area (Å²) < 4.78 is 17.4. The van der Waals surface area contributed by atoms with Gasteiger partial charge in [-0.05, 0) is 89.9 Å². The molecule has 0 aliphatic heterocycles. The van der Waals surface area contributed by atoms with Crippen LogP contribution >= 0.6 is 0 Å². The SMILES string of the molecule is CC/C=C\C/C=C\C/C=C\C/C=C\C/C=C\CCCCCCOCC(COC(=O)CCCCCCCCC/C=C\CCCCCCCC)OC(=O)CCCCCCCCCCCCC. The summed E-state index contributed by atoms with van der Waals surface area (Å²) in [5.74, 6) is -0.411. The number of hydrogen-bond acceptors (Lipinski definition) is 5. The van der Waals surface area contributed by atoms with Crippen LogP contribution in [0.2, 0.25) is 0 Å². The second-order valence-corrected chi connectivity index (χ2v) is 18.1. The molecule has 0 aromatic rings. The van der Waals surface area contributed by atoms with Crippen LogP contribution in [-0.4, -0.2) is 37.9 Å². The molecular weight excluding hydrogens is 789 g/mol. The zero-order valence-electron chi connectivity index (χ0n) is 42.5. The number of esters is 2. The van der Waals surface area contributed by atoms with Crippen LogP contribution in [0.3, 0.4) is 0 Å². The Hall–Kier alpha value is -2.66. The third-order valence-electron chi connectivity index (χ3n) is 11.7. The van der Waals surface area contributed by atoms with Crippen LogP contribution < -0.4 is 0 Å². The standard InChI is InChI=1S/C59H104O5/c1-4-7-10-13-16-19-22-24-26-28-29-30-32-34-36-39-42-45-48-51-54-62-55-57(64-59(61)53-50-47-44-41-37-21-18-15-12-9-6-3)56-63-58(60)52-49-46-43-40-38-35-33-31-27-25-23-20-17-14-11-8-5-2/h7,10,16,19,24-27,29-30,34,36,57H,4-6,8-9,11-15,17-18,20-23,28,31-33,35,37-56H2,1-3H3/b10-7-,19-16-,26-24-,27-25-,30-29-,36-34-. The number of carbonyl (C=O) groups excluding carboxylic acids is 2. The Morgan fingerprint density at radius 3 is 1.14 bits per heavy atom. The van der Waals surface area contributed by atoms with Crippen molar-refractivity contribution >= 4 is 11.9 Å². The van der Waals surface area contributed by atoms with Gasteiger partial charge in [0.05, 0.1) is 6.61 Å². The maximum atomic E-state index is 12.8. The van der Waals surface area contributed by atoms with Crippen molar-refractivity contribution in [1.82, 2.24) is 0 Å². The van der Waals surface area contributed by atoms with E-state index in [2.05, 4.69) is 93.7 Å². The Labute approximate surface area is 397 Å². The third-order valence-corrected chi connectivity index (χ3v) is 11.7. The van der Waals surface area contributed by atoms with Crippen molar-refractivity contribution < 1.29 is 23.8 Å². The van der Waals surface area contributed by atoms with Crippen molar-refractivity contribution in [3.63, 3.8) is 0 Å². The third kappa shape index (κ3) is 52.0. The molecule has 0 aliphatic carbocycles. The maximum Gasteiger partial charge on any atom is 0.306 e. The van der Waals surface area contributed by atoms with E-state index in [0.29, 0.717) is 19.4 Å². The summed E-state index contributed by atoms with van der Waals surface area (Å²) in [6, 6.07) is 0. The summed E-state index contributed by atoms with van der Waals surface area (Å²) in [5.41, 5.74) is 0. The van der Waals surface area contributed by atoms with E-state index in [1.165, 1.54) is 148 Å². The maximum absolute atomic E-state index is 12.8. The van der Waals surface area contributed by atoms with Crippen molar-refractivity contribution in [2.45, 2.75) is 271 Å². The van der Waals surface area contributed by atoms with E-state index < -0.39 is 6.10 Å². The van der Waals surface area contributed by atoms with Crippen LogP contribution in [0.4, 0.5) is 0 Å². The molecule has 0 aromatic heterocycles. The zero-order chi connectivity index (χ0) is 46.3. The summed E-state index contributed by atoms with van der Waals surface area (Å²) in [7, 11) is 0. The number of unbranched alkanes of at least 4 members (excludes halogenated alkanes) is 27. The van der Waals surface area contributed by atoms with Crippen LogP contribution in [0.1, 0.15) is 265 Å². The molecule has 0 saturated carbocycles. The molecule has 0 fully saturated rings. The summed E-state index contributed by atoms with van der Waals surface area (Å²) in [4.78, 5) is 25.4. The number of hydrogen-bond donors (Lipinski definition) is 0. The summed E-state index contributed by atoms with van der Waals surface area (Å²) >= 11 is 0. The molecule has 0 aromatic carbocycles. The molecule has 0 aliphatic rings. The Balaban J connectivity index is 4.28. The molecule has 0 saturated heterocycles. The average molecular weight is 893 g/mol. The first-order valence-electron chi connectivity index (χ1n) is 27.5. The quantitative estimate of drug-likeness (QED) is 0.0346. The molecule has 0 heterocycles. The minimum absolute atomic E-state index is 0.0729. The van der Waals surface area contributed by atoms with Gasteiger partial charge in [-0.2, -0.15) is 0 Å². The monoisotopic (exact) mass is 893 g/mol. The van der Waals surface area contributed by atoms with Gasteiger partial charge in [-0.3, -0.25) is 9.59 Å². The number of ether oxygens (including phenoxy) is 3. The second-order valence-electron chi connectivity index (χ2n) is 18.1. The van der Waals surface area contributed by atoms with E-state index >= 15 is 0 Å². The Bertz CT molecular complexity index is 1150. The minimum atomic E-state index is -0.551. The molecule has 64 heavy (non-hydrogen) atoms. The number of carbonyl (C=O) groups is 2. The summed E-state index contributed by atoms with van der Waals surface area (Å²) in [5, 5.41) is 0. The normalized spacial score (nSPS) is 12.7. The molecule has 5 heteroatoms. The smallest absolute Gasteiger partial charge is 0.306 e. The van der Waals surface area contributed by atoms with E-state index in [4.69, 9.17) is 14.2 Å². The molecule has 0 N–H and O–H groups in total. The molecule has 0 amide bonds. The van der Waals surface area contributed by atoms with Gasteiger partial charge in [-0.1, -0.05) is 235 Å². The highest BCUT2D eigenvalue weighted by Crippen LogP contribution is 2.15. The predicted molar refractivity (Wildman–Crippen MR) is 279 cm³/mol. The molecule has 370 valence electrons. The lowest BCUT2D eigenvalue weighted by Crippen LogP contribution is -2.30. The summed E-state index contributed by atoms with van der Waals surface area (Å²) in [6.07, 6.45) is 70.6. The Morgan fingerprint density at radius 2 is 0.703 bits per heavy atom. The first-order valence-corrected chi connectivity index (χ1v) is 27.5. The Kier molecular flexibility index (Phi) is 52.4. The number of allylic oxidation sites excluding steroid dienone is 12. The van der Waals surface area contributed by atoms with Gasteiger partial charge in [0.15, 0.2) is 6.10 Å². The number of rotatable bonds is 50. The lowest BCUT2D eigenvalue weighted by Gasteiger charge is -2.18.